The second kappa shape index (κ2) is 5.48. The van der Waals surface area contributed by atoms with Crippen molar-refractivity contribution in [3.05, 3.63) is 18.2 Å². The first-order chi connectivity index (χ1) is 6.38. The molecule has 0 atom stereocenters. The molecule has 0 aliphatic carbocycles. The number of hydrogen-bond donors (Lipinski definition) is 0. The Balaban J connectivity index is 2.31. The maximum absolute atomic E-state index is 10.5. The number of hydrogen-bond acceptors (Lipinski definition) is 3. The molecule has 1 aromatic rings. The minimum Gasteiger partial charge on any atom is -0.385 e. The normalized spacial score (nSPS) is 10.2. The van der Waals surface area contributed by atoms with Gasteiger partial charge in [-0.2, -0.15) is 0 Å². The number of methoxy groups -OCH3 is 1. The lowest BCUT2D eigenvalue weighted by molar-refractivity contribution is 0.111. The van der Waals surface area contributed by atoms with Crippen LogP contribution in [-0.4, -0.2) is 29.6 Å². The summed E-state index contributed by atoms with van der Waals surface area (Å²) in [6, 6.07) is 0. The van der Waals surface area contributed by atoms with E-state index in [1.165, 1.54) is 0 Å². The van der Waals surface area contributed by atoms with Gasteiger partial charge in [-0.05, 0) is 12.8 Å². The van der Waals surface area contributed by atoms with Crippen molar-refractivity contribution in [3.8, 4) is 0 Å². The molecule has 4 heteroatoms. The van der Waals surface area contributed by atoms with Gasteiger partial charge in [-0.25, -0.2) is 4.98 Å². The van der Waals surface area contributed by atoms with E-state index >= 15 is 0 Å². The summed E-state index contributed by atoms with van der Waals surface area (Å²) < 4.78 is 6.77. The van der Waals surface area contributed by atoms with Crippen molar-refractivity contribution in [2.24, 2.45) is 0 Å². The van der Waals surface area contributed by atoms with E-state index in [0.29, 0.717) is 5.69 Å². The molecule has 0 saturated carbocycles. The number of carbonyl (C=O) groups excluding carboxylic acids is 1. The number of aldehydes is 1. The van der Waals surface area contributed by atoms with Gasteiger partial charge in [-0.3, -0.25) is 4.79 Å². The van der Waals surface area contributed by atoms with Crippen LogP contribution in [0.15, 0.2) is 12.5 Å². The predicted octanol–water partition coefficient (Wildman–Crippen LogP) is 1.12. The van der Waals surface area contributed by atoms with E-state index in [1.807, 2.05) is 4.57 Å². The first-order valence-corrected chi connectivity index (χ1v) is 4.32. The van der Waals surface area contributed by atoms with Gasteiger partial charge in [-0.15, -0.1) is 0 Å². The molecular formula is C9H14N2O2. The van der Waals surface area contributed by atoms with Crippen molar-refractivity contribution in [2.75, 3.05) is 13.7 Å². The standard InChI is InChI=1S/C9H14N2O2/c1-13-5-3-2-4-11-8-10-6-9(11)7-12/h6-8H,2-5H2,1H3. The molecule has 4 nitrogen and oxygen atoms in total. The second-order valence-corrected chi connectivity index (χ2v) is 2.83. The Morgan fingerprint density at radius 3 is 3.15 bits per heavy atom. The number of aryl methyl sites for hydroxylation is 1. The Morgan fingerprint density at radius 2 is 2.46 bits per heavy atom. The van der Waals surface area contributed by atoms with E-state index < -0.39 is 0 Å². The summed E-state index contributed by atoms with van der Waals surface area (Å²) in [5.74, 6) is 0. The van der Waals surface area contributed by atoms with Crippen molar-refractivity contribution in [2.45, 2.75) is 19.4 Å². The molecule has 0 fully saturated rings. The van der Waals surface area contributed by atoms with Gasteiger partial charge in [0, 0.05) is 20.3 Å². The molecule has 0 bridgehead atoms. The van der Waals surface area contributed by atoms with Crippen molar-refractivity contribution < 1.29 is 9.53 Å². The maximum Gasteiger partial charge on any atom is 0.168 e. The van der Waals surface area contributed by atoms with Crippen molar-refractivity contribution in [1.29, 1.82) is 0 Å². The van der Waals surface area contributed by atoms with Gasteiger partial charge >= 0.3 is 0 Å². The first kappa shape index (κ1) is 9.92. The van der Waals surface area contributed by atoms with Gasteiger partial charge in [0.15, 0.2) is 6.29 Å². The van der Waals surface area contributed by atoms with E-state index in [9.17, 15) is 4.79 Å². The number of rotatable bonds is 6. The number of ether oxygens (including phenoxy) is 1. The fourth-order valence-corrected chi connectivity index (χ4v) is 1.14. The van der Waals surface area contributed by atoms with E-state index in [-0.39, 0.29) is 0 Å². The monoisotopic (exact) mass is 182 g/mol. The summed E-state index contributed by atoms with van der Waals surface area (Å²) in [5, 5.41) is 0. The third-order valence-corrected chi connectivity index (χ3v) is 1.86. The van der Waals surface area contributed by atoms with Crippen LogP contribution in [0.5, 0.6) is 0 Å². The van der Waals surface area contributed by atoms with Crippen LogP contribution in [0.1, 0.15) is 23.3 Å². The third-order valence-electron chi connectivity index (χ3n) is 1.86. The van der Waals surface area contributed by atoms with Gasteiger partial charge in [-0.1, -0.05) is 0 Å². The van der Waals surface area contributed by atoms with Gasteiger partial charge in [0.05, 0.1) is 12.5 Å². The molecular weight excluding hydrogens is 168 g/mol. The molecule has 72 valence electrons. The third kappa shape index (κ3) is 2.99. The summed E-state index contributed by atoms with van der Waals surface area (Å²) >= 11 is 0. The molecule has 1 heterocycles. The Labute approximate surface area is 77.5 Å². The average molecular weight is 182 g/mol. The lowest BCUT2D eigenvalue weighted by atomic mass is 10.3. The van der Waals surface area contributed by atoms with Crippen LogP contribution in [0, 0.1) is 0 Å². The van der Waals surface area contributed by atoms with Crippen LogP contribution in [0.25, 0.3) is 0 Å². The molecule has 0 amide bonds. The molecule has 0 unspecified atom stereocenters. The molecule has 0 radical (unpaired) electrons. The highest BCUT2D eigenvalue weighted by atomic mass is 16.5. The second-order valence-electron chi connectivity index (χ2n) is 2.83. The molecule has 0 aliphatic heterocycles. The molecule has 13 heavy (non-hydrogen) atoms. The van der Waals surface area contributed by atoms with Crippen LogP contribution in [0.3, 0.4) is 0 Å². The average Bonchev–Trinajstić information content (AvgIpc) is 2.60. The SMILES string of the molecule is COCCCCn1cncc1C=O. The highest BCUT2D eigenvalue weighted by Gasteiger charge is 1.98. The van der Waals surface area contributed by atoms with Crippen LogP contribution < -0.4 is 0 Å². The van der Waals surface area contributed by atoms with Crippen molar-refractivity contribution in [1.82, 2.24) is 9.55 Å². The molecule has 0 saturated heterocycles. The topological polar surface area (TPSA) is 44.1 Å². The molecule has 1 rings (SSSR count). The fourth-order valence-electron chi connectivity index (χ4n) is 1.14. The van der Waals surface area contributed by atoms with Gasteiger partial charge in [0.2, 0.25) is 0 Å². The van der Waals surface area contributed by atoms with E-state index in [0.717, 1.165) is 32.3 Å². The van der Waals surface area contributed by atoms with Crippen LogP contribution in [0.2, 0.25) is 0 Å². The van der Waals surface area contributed by atoms with E-state index in [4.69, 9.17) is 4.74 Å². The lowest BCUT2D eigenvalue weighted by Crippen LogP contribution is -2.02. The minimum absolute atomic E-state index is 0.636. The first-order valence-electron chi connectivity index (χ1n) is 4.32. The summed E-state index contributed by atoms with van der Waals surface area (Å²) in [6.07, 6.45) is 6.08. The smallest absolute Gasteiger partial charge is 0.168 e. The van der Waals surface area contributed by atoms with Crippen LogP contribution in [-0.2, 0) is 11.3 Å². The lowest BCUT2D eigenvalue weighted by Gasteiger charge is -2.03. The maximum atomic E-state index is 10.5. The zero-order valence-electron chi connectivity index (χ0n) is 7.77. The highest BCUT2D eigenvalue weighted by molar-refractivity contribution is 5.71. The molecule has 0 aromatic carbocycles. The van der Waals surface area contributed by atoms with Crippen molar-refractivity contribution >= 4 is 6.29 Å². The van der Waals surface area contributed by atoms with Gasteiger partial charge in [0.25, 0.3) is 0 Å². The number of nitrogens with zero attached hydrogens (tertiary/aromatic N) is 2. The summed E-state index contributed by atoms with van der Waals surface area (Å²) in [7, 11) is 1.69. The fraction of sp³-hybridized carbons (Fsp3) is 0.556. The number of carbonyl (C=O) groups is 1. The summed E-state index contributed by atoms with van der Waals surface area (Å²) in [6.45, 7) is 1.60. The zero-order chi connectivity index (χ0) is 9.52. The molecule has 1 aromatic heterocycles. The Hall–Kier alpha value is -1.16. The summed E-state index contributed by atoms with van der Waals surface area (Å²) in [5.41, 5.74) is 0.636. The van der Waals surface area contributed by atoms with Crippen LogP contribution >= 0.6 is 0 Å². The predicted molar refractivity (Wildman–Crippen MR) is 48.7 cm³/mol. The Bertz CT molecular complexity index is 258. The van der Waals surface area contributed by atoms with Crippen molar-refractivity contribution in [3.63, 3.8) is 0 Å². The molecule has 0 spiro atoms. The number of unbranched alkanes of at least 4 members (excludes halogenated alkanes) is 1. The Kier molecular flexibility index (Phi) is 4.18. The van der Waals surface area contributed by atoms with E-state index in [2.05, 4.69) is 4.98 Å². The zero-order valence-corrected chi connectivity index (χ0v) is 7.77. The minimum atomic E-state index is 0.636. The molecule has 0 N–H and O–H groups in total. The van der Waals surface area contributed by atoms with Gasteiger partial charge < -0.3 is 9.30 Å². The quantitative estimate of drug-likeness (QED) is 0.489. The van der Waals surface area contributed by atoms with Crippen LogP contribution in [0.4, 0.5) is 0 Å². The Morgan fingerprint density at radius 1 is 1.62 bits per heavy atom. The van der Waals surface area contributed by atoms with Gasteiger partial charge in [0.1, 0.15) is 5.69 Å². The number of aromatic nitrogens is 2. The number of imidazole rings is 1. The van der Waals surface area contributed by atoms with E-state index in [1.54, 1.807) is 19.6 Å². The summed E-state index contributed by atoms with van der Waals surface area (Å²) in [4.78, 5) is 14.4. The molecule has 0 aliphatic rings. The highest BCUT2D eigenvalue weighted by Crippen LogP contribution is 1.99. The largest absolute Gasteiger partial charge is 0.385 e.